The molecule has 2 rings (SSSR count). The lowest BCUT2D eigenvalue weighted by Gasteiger charge is -2.31. The van der Waals surface area contributed by atoms with Crippen LogP contribution in [-0.4, -0.2) is 41.7 Å². The van der Waals surface area contributed by atoms with E-state index < -0.39 is 22.9 Å². The van der Waals surface area contributed by atoms with Crippen LogP contribution >= 0.6 is 0 Å². The van der Waals surface area contributed by atoms with Gasteiger partial charge in [-0.25, -0.2) is 0 Å². The van der Waals surface area contributed by atoms with E-state index in [0.717, 1.165) is 5.56 Å². The summed E-state index contributed by atoms with van der Waals surface area (Å²) in [6.07, 6.45) is -2.83. The highest BCUT2D eigenvalue weighted by Crippen LogP contribution is 2.37. The molecule has 1 aromatic carbocycles. The van der Waals surface area contributed by atoms with Crippen molar-refractivity contribution in [2.75, 3.05) is 19.3 Å². The predicted molar refractivity (Wildman–Crippen MR) is 99.5 cm³/mol. The largest absolute Gasteiger partial charge is 0.391 e. The molecule has 0 radical (unpaired) electrons. The second-order valence-electron chi connectivity index (χ2n) is 6.51. The zero-order chi connectivity index (χ0) is 19.0. The van der Waals surface area contributed by atoms with Crippen molar-refractivity contribution in [2.24, 2.45) is 10.9 Å². The minimum atomic E-state index is -4.09. The van der Waals surface area contributed by atoms with E-state index in [2.05, 4.69) is 15.6 Å². The summed E-state index contributed by atoms with van der Waals surface area (Å²) in [5.41, 5.74) is 1.04. The van der Waals surface area contributed by atoms with E-state index in [1.165, 1.54) is 0 Å². The summed E-state index contributed by atoms with van der Waals surface area (Å²) in [4.78, 5) is 4.10. The molecule has 8 heteroatoms. The molecule has 1 unspecified atom stereocenters. The first-order chi connectivity index (χ1) is 12.4. The van der Waals surface area contributed by atoms with Crippen molar-refractivity contribution in [3.05, 3.63) is 35.9 Å². The number of aliphatic imine (C=N–C) groups is 1. The standard InChI is InChI=1S/C18H26F3N3OS/c1-22-17(24-16-9-7-15(8-10-16)18(19,20)21)23-11-12-26(25)13-14-5-3-2-4-6-14/h2-6,15-16H,7-13H2,1H3,(H2,22,23,24). The average Bonchev–Trinajstić information content (AvgIpc) is 2.61. The monoisotopic (exact) mass is 389 g/mol. The Morgan fingerprint density at radius 1 is 1.19 bits per heavy atom. The van der Waals surface area contributed by atoms with Gasteiger partial charge in [0, 0.05) is 41.9 Å². The molecular weight excluding hydrogens is 363 g/mol. The maximum Gasteiger partial charge on any atom is 0.391 e. The van der Waals surface area contributed by atoms with Gasteiger partial charge in [-0.15, -0.1) is 0 Å². The van der Waals surface area contributed by atoms with Crippen LogP contribution in [0.1, 0.15) is 31.2 Å². The minimum Gasteiger partial charge on any atom is -0.355 e. The van der Waals surface area contributed by atoms with Crippen molar-refractivity contribution >= 4 is 16.8 Å². The fraction of sp³-hybridized carbons (Fsp3) is 0.611. The summed E-state index contributed by atoms with van der Waals surface area (Å²) in [5, 5.41) is 6.27. The topological polar surface area (TPSA) is 53.5 Å². The molecule has 1 aliphatic rings. The van der Waals surface area contributed by atoms with Crippen LogP contribution < -0.4 is 10.6 Å². The molecule has 0 saturated heterocycles. The summed E-state index contributed by atoms with van der Waals surface area (Å²) in [6.45, 7) is 0.497. The first-order valence-corrected chi connectivity index (χ1v) is 10.3. The highest BCUT2D eigenvalue weighted by Gasteiger charge is 2.41. The van der Waals surface area contributed by atoms with Crippen molar-refractivity contribution in [3.63, 3.8) is 0 Å². The van der Waals surface area contributed by atoms with E-state index in [-0.39, 0.29) is 18.9 Å². The van der Waals surface area contributed by atoms with Crippen LogP contribution in [0.4, 0.5) is 13.2 Å². The Kier molecular flexibility index (Phi) is 7.93. The van der Waals surface area contributed by atoms with Gasteiger partial charge in [-0.3, -0.25) is 9.20 Å². The number of hydrogen-bond acceptors (Lipinski definition) is 2. The number of halogens is 3. The lowest BCUT2D eigenvalue weighted by molar-refractivity contribution is -0.182. The van der Waals surface area contributed by atoms with Crippen molar-refractivity contribution in [3.8, 4) is 0 Å². The maximum atomic E-state index is 12.7. The van der Waals surface area contributed by atoms with Crippen LogP contribution in [0.15, 0.2) is 35.3 Å². The van der Waals surface area contributed by atoms with Crippen molar-refractivity contribution in [1.29, 1.82) is 0 Å². The fourth-order valence-corrected chi connectivity index (χ4v) is 4.11. The van der Waals surface area contributed by atoms with Crippen molar-refractivity contribution in [1.82, 2.24) is 10.6 Å². The van der Waals surface area contributed by atoms with Crippen LogP contribution in [0.25, 0.3) is 0 Å². The highest BCUT2D eigenvalue weighted by atomic mass is 32.2. The molecular formula is C18H26F3N3OS. The van der Waals surface area contributed by atoms with Gasteiger partial charge in [0.15, 0.2) is 5.96 Å². The number of nitrogens with one attached hydrogen (secondary N) is 2. The molecule has 0 aliphatic heterocycles. The van der Waals surface area contributed by atoms with Crippen LogP contribution in [-0.2, 0) is 16.6 Å². The molecule has 1 atom stereocenters. The van der Waals surface area contributed by atoms with Gasteiger partial charge in [0.1, 0.15) is 0 Å². The van der Waals surface area contributed by atoms with Crippen LogP contribution in [0.3, 0.4) is 0 Å². The Hall–Kier alpha value is -1.57. The molecule has 146 valence electrons. The Labute approximate surface area is 155 Å². The number of benzene rings is 1. The zero-order valence-corrected chi connectivity index (χ0v) is 15.7. The van der Waals surface area contributed by atoms with Gasteiger partial charge in [0.25, 0.3) is 0 Å². The van der Waals surface area contributed by atoms with Crippen LogP contribution in [0.5, 0.6) is 0 Å². The molecule has 26 heavy (non-hydrogen) atoms. The lowest BCUT2D eigenvalue weighted by atomic mass is 9.85. The van der Waals surface area contributed by atoms with E-state index in [9.17, 15) is 17.4 Å². The number of guanidine groups is 1. The van der Waals surface area contributed by atoms with Crippen LogP contribution in [0.2, 0.25) is 0 Å². The number of alkyl halides is 3. The molecule has 4 nitrogen and oxygen atoms in total. The molecule has 1 saturated carbocycles. The molecule has 1 aromatic rings. The fourth-order valence-electron chi connectivity index (χ4n) is 3.07. The summed E-state index contributed by atoms with van der Waals surface area (Å²) >= 11 is 0. The van der Waals surface area contributed by atoms with Gasteiger partial charge in [0.05, 0.1) is 5.92 Å². The van der Waals surface area contributed by atoms with Gasteiger partial charge in [0.2, 0.25) is 0 Å². The number of hydrogen-bond donors (Lipinski definition) is 2. The minimum absolute atomic E-state index is 0.00498. The molecule has 0 bridgehead atoms. The second-order valence-corrected chi connectivity index (χ2v) is 8.08. The van der Waals surface area contributed by atoms with E-state index in [1.54, 1.807) is 7.05 Å². The third-order valence-electron chi connectivity index (χ3n) is 4.55. The van der Waals surface area contributed by atoms with Crippen molar-refractivity contribution in [2.45, 2.75) is 43.7 Å². The first kappa shape index (κ1) is 20.7. The third-order valence-corrected chi connectivity index (χ3v) is 5.86. The molecule has 0 spiro atoms. The third kappa shape index (κ3) is 6.97. The average molecular weight is 389 g/mol. The van der Waals surface area contributed by atoms with Gasteiger partial charge in [-0.05, 0) is 31.2 Å². The molecule has 0 aromatic heterocycles. The number of nitrogens with zero attached hydrogens (tertiary/aromatic N) is 1. The summed E-state index contributed by atoms with van der Waals surface area (Å²) in [5.74, 6) is 0.361. The maximum absolute atomic E-state index is 12.7. The molecule has 1 fully saturated rings. The summed E-state index contributed by atoms with van der Waals surface area (Å²) < 4.78 is 50.2. The smallest absolute Gasteiger partial charge is 0.355 e. The Morgan fingerprint density at radius 2 is 1.85 bits per heavy atom. The SMILES string of the molecule is CN=C(NCCS(=O)Cc1ccccc1)NC1CCC(C(F)(F)F)CC1. The van der Waals surface area contributed by atoms with Crippen LogP contribution in [0, 0.1) is 5.92 Å². The van der Waals surface area contributed by atoms with Gasteiger partial charge in [-0.2, -0.15) is 13.2 Å². The summed E-state index contributed by atoms with van der Waals surface area (Å²) in [7, 11) is 0.641. The van der Waals surface area contributed by atoms with E-state index in [0.29, 0.717) is 36.9 Å². The van der Waals surface area contributed by atoms with E-state index in [1.807, 2.05) is 30.3 Å². The predicted octanol–water partition coefficient (Wildman–Crippen LogP) is 3.22. The lowest BCUT2D eigenvalue weighted by Crippen LogP contribution is -2.46. The Morgan fingerprint density at radius 3 is 2.42 bits per heavy atom. The zero-order valence-electron chi connectivity index (χ0n) is 14.9. The van der Waals surface area contributed by atoms with Gasteiger partial charge < -0.3 is 10.6 Å². The molecule has 0 amide bonds. The molecule has 0 heterocycles. The second kappa shape index (κ2) is 9.94. The first-order valence-electron chi connectivity index (χ1n) is 8.81. The van der Waals surface area contributed by atoms with Gasteiger partial charge in [-0.1, -0.05) is 30.3 Å². The highest BCUT2D eigenvalue weighted by molar-refractivity contribution is 7.84. The van der Waals surface area contributed by atoms with E-state index >= 15 is 0 Å². The summed E-state index contributed by atoms with van der Waals surface area (Å²) in [6, 6.07) is 9.65. The molecule has 2 N–H and O–H groups in total. The normalized spacial score (nSPS) is 22.7. The molecule has 1 aliphatic carbocycles. The van der Waals surface area contributed by atoms with Crippen molar-refractivity contribution < 1.29 is 17.4 Å². The van der Waals surface area contributed by atoms with Gasteiger partial charge >= 0.3 is 6.18 Å². The van der Waals surface area contributed by atoms with E-state index in [4.69, 9.17) is 0 Å². The Bertz CT molecular complexity index is 599. The number of rotatable bonds is 6. The Balaban J connectivity index is 1.68. The quantitative estimate of drug-likeness (QED) is 0.580.